The second-order valence-corrected chi connectivity index (χ2v) is 4.25. The molecule has 0 spiro atoms. The summed E-state index contributed by atoms with van der Waals surface area (Å²) in [5.74, 6) is 1.22. The summed E-state index contributed by atoms with van der Waals surface area (Å²) < 4.78 is 0.670. The fourth-order valence-corrected chi connectivity index (χ4v) is 1.92. The third-order valence-corrected chi connectivity index (χ3v) is 2.87. The number of nitriles is 2. The Labute approximate surface area is 114 Å². The van der Waals surface area contributed by atoms with Gasteiger partial charge in [-0.25, -0.2) is 9.97 Å². The molecule has 0 aliphatic rings. The van der Waals surface area contributed by atoms with E-state index in [9.17, 15) is 0 Å². The zero-order chi connectivity index (χ0) is 13.4. The summed E-state index contributed by atoms with van der Waals surface area (Å²) in [5, 5.41) is 20.7. The highest BCUT2D eigenvalue weighted by molar-refractivity contribution is 9.10. The highest BCUT2D eigenvalue weighted by Gasteiger charge is 2.14. The molecule has 1 aromatic rings. The van der Waals surface area contributed by atoms with Gasteiger partial charge in [-0.05, 0) is 22.4 Å². The van der Waals surface area contributed by atoms with Gasteiger partial charge in [0.05, 0.1) is 12.1 Å². The molecule has 0 aromatic carbocycles. The number of hydrogen-bond donors (Lipinski definition) is 1. The van der Waals surface area contributed by atoms with Gasteiger partial charge < -0.3 is 10.2 Å². The summed E-state index contributed by atoms with van der Waals surface area (Å²) in [6.07, 6.45) is 2.39. The maximum Gasteiger partial charge on any atom is 0.150 e. The summed E-state index contributed by atoms with van der Waals surface area (Å²) in [7, 11) is 0. The van der Waals surface area contributed by atoms with Crippen LogP contribution in [0.4, 0.5) is 11.6 Å². The number of nitrogens with one attached hydrogen (secondary N) is 1. The Morgan fingerprint density at radius 2 is 2.00 bits per heavy atom. The second-order valence-electron chi connectivity index (χ2n) is 3.46. The first kappa shape index (κ1) is 14.2. The lowest BCUT2D eigenvalue weighted by atomic mass is 10.4. The monoisotopic (exact) mass is 308 g/mol. The van der Waals surface area contributed by atoms with Gasteiger partial charge in [0.25, 0.3) is 0 Å². The van der Waals surface area contributed by atoms with E-state index in [2.05, 4.69) is 38.1 Å². The maximum absolute atomic E-state index is 8.75. The van der Waals surface area contributed by atoms with E-state index >= 15 is 0 Å². The van der Waals surface area contributed by atoms with Crippen molar-refractivity contribution in [3.8, 4) is 12.1 Å². The third-order valence-electron chi connectivity index (χ3n) is 2.14. The molecule has 0 saturated heterocycles. The van der Waals surface area contributed by atoms with Gasteiger partial charge in [0.2, 0.25) is 0 Å². The van der Waals surface area contributed by atoms with Gasteiger partial charge in [-0.3, -0.25) is 0 Å². The zero-order valence-electron chi connectivity index (χ0n) is 10.0. The van der Waals surface area contributed by atoms with Gasteiger partial charge in [-0.1, -0.05) is 6.92 Å². The minimum absolute atomic E-state index is 0.108. The topological polar surface area (TPSA) is 88.6 Å². The molecule has 1 aromatic heterocycles. The van der Waals surface area contributed by atoms with Crippen LogP contribution in [0, 0.1) is 22.7 Å². The predicted octanol–water partition coefficient (Wildman–Crippen LogP) is 1.91. The van der Waals surface area contributed by atoms with Crippen LogP contribution in [0.25, 0.3) is 0 Å². The Kier molecular flexibility index (Phi) is 5.89. The van der Waals surface area contributed by atoms with Crippen molar-refractivity contribution in [1.82, 2.24) is 9.97 Å². The molecular weight excluding hydrogens is 296 g/mol. The number of hydrogen-bond acceptors (Lipinski definition) is 6. The number of nitrogens with zero attached hydrogens (tertiary/aromatic N) is 5. The molecule has 0 atom stereocenters. The predicted molar refractivity (Wildman–Crippen MR) is 72.0 cm³/mol. The summed E-state index contributed by atoms with van der Waals surface area (Å²) in [4.78, 5) is 9.81. The highest BCUT2D eigenvalue weighted by atomic mass is 79.9. The normalized spacial score (nSPS) is 9.33. The van der Waals surface area contributed by atoms with Crippen LogP contribution < -0.4 is 10.2 Å². The lowest BCUT2D eigenvalue weighted by Gasteiger charge is -2.19. The van der Waals surface area contributed by atoms with Gasteiger partial charge in [-0.15, -0.1) is 0 Å². The van der Waals surface area contributed by atoms with E-state index in [1.54, 1.807) is 4.90 Å². The van der Waals surface area contributed by atoms with Crippen molar-refractivity contribution in [2.45, 2.75) is 13.3 Å². The number of aromatic nitrogens is 2. The van der Waals surface area contributed by atoms with Crippen LogP contribution in [-0.2, 0) is 0 Å². The smallest absolute Gasteiger partial charge is 0.150 e. The summed E-state index contributed by atoms with van der Waals surface area (Å²) in [6, 6.07) is 4.03. The van der Waals surface area contributed by atoms with Crippen molar-refractivity contribution in [2.75, 3.05) is 29.9 Å². The molecule has 94 valence electrons. The molecule has 0 bridgehead atoms. The minimum atomic E-state index is 0.108. The Morgan fingerprint density at radius 3 is 2.56 bits per heavy atom. The van der Waals surface area contributed by atoms with Gasteiger partial charge in [0.1, 0.15) is 35.5 Å². The molecule has 0 aliphatic heterocycles. The molecule has 0 fully saturated rings. The standard InChI is InChI=1S/C11H13BrN6/c1-2-5-15-10-9(12)11(17-8-16-10)18(6-3-13)7-4-14/h8H,2,5-7H2,1H3,(H,15,16,17). The van der Waals surface area contributed by atoms with Crippen molar-refractivity contribution < 1.29 is 0 Å². The third kappa shape index (κ3) is 3.57. The van der Waals surface area contributed by atoms with Crippen LogP contribution in [0.1, 0.15) is 13.3 Å². The first-order valence-electron chi connectivity index (χ1n) is 5.47. The molecule has 1 N–H and O–H groups in total. The molecule has 1 rings (SSSR count). The van der Waals surface area contributed by atoms with E-state index in [-0.39, 0.29) is 13.1 Å². The van der Waals surface area contributed by atoms with Crippen LogP contribution in [0.3, 0.4) is 0 Å². The van der Waals surface area contributed by atoms with Crippen molar-refractivity contribution >= 4 is 27.6 Å². The van der Waals surface area contributed by atoms with E-state index in [4.69, 9.17) is 10.5 Å². The number of rotatable bonds is 6. The van der Waals surface area contributed by atoms with Crippen LogP contribution in [0.2, 0.25) is 0 Å². The van der Waals surface area contributed by atoms with E-state index in [0.717, 1.165) is 13.0 Å². The molecule has 0 aliphatic carbocycles. The first-order chi connectivity index (χ1) is 8.74. The fraction of sp³-hybridized carbons (Fsp3) is 0.455. The van der Waals surface area contributed by atoms with Gasteiger partial charge in [0.15, 0.2) is 0 Å². The lowest BCUT2D eigenvalue weighted by Crippen LogP contribution is -2.25. The Hall–Kier alpha value is -1.86. The van der Waals surface area contributed by atoms with E-state index in [1.807, 2.05) is 12.1 Å². The molecule has 0 saturated carbocycles. The minimum Gasteiger partial charge on any atom is -0.369 e. The van der Waals surface area contributed by atoms with Crippen molar-refractivity contribution in [1.29, 1.82) is 10.5 Å². The molecule has 0 amide bonds. The summed E-state index contributed by atoms with van der Waals surface area (Å²) >= 11 is 3.40. The van der Waals surface area contributed by atoms with Crippen LogP contribution in [-0.4, -0.2) is 29.6 Å². The van der Waals surface area contributed by atoms with Crippen molar-refractivity contribution in [2.24, 2.45) is 0 Å². The SMILES string of the molecule is CCCNc1ncnc(N(CC#N)CC#N)c1Br. The number of halogens is 1. The maximum atomic E-state index is 8.75. The fourth-order valence-electron chi connectivity index (χ4n) is 1.32. The molecular formula is C11H13BrN6. The van der Waals surface area contributed by atoms with Gasteiger partial charge in [0, 0.05) is 6.54 Å². The van der Waals surface area contributed by atoms with Gasteiger partial charge in [-0.2, -0.15) is 10.5 Å². The van der Waals surface area contributed by atoms with Crippen molar-refractivity contribution in [3.63, 3.8) is 0 Å². The van der Waals surface area contributed by atoms with E-state index in [1.165, 1.54) is 6.33 Å². The van der Waals surface area contributed by atoms with E-state index < -0.39 is 0 Å². The quantitative estimate of drug-likeness (QED) is 0.808. The lowest BCUT2D eigenvalue weighted by molar-refractivity contribution is 0.912. The molecule has 6 nitrogen and oxygen atoms in total. The largest absolute Gasteiger partial charge is 0.369 e. The zero-order valence-corrected chi connectivity index (χ0v) is 11.6. The Morgan fingerprint density at radius 1 is 1.33 bits per heavy atom. The van der Waals surface area contributed by atoms with Gasteiger partial charge >= 0.3 is 0 Å². The average Bonchev–Trinajstić information content (AvgIpc) is 2.37. The van der Waals surface area contributed by atoms with Crippen molar-refractivity contribution in [3.05, 3.63) is 10.8 Å². The Balaban J connectivity index is 3.00. The molecule has 18 heavy (non-hydrogen) atoms. The molecule has 0 radical (unpaired) electrons. The second kappa shape index (κ2) is 7.46. The van der Waals surface area contributed by atoms with Crippen LogP contribution >= 0.6 is 15.9 Å². The summed E-state index contributed by atoms with van der Waals surface area (Å²) in [6.45, 7) is 3.07. The highest BCUT2D eigenvalue weighted by Crippen LogP contribution is 2.29. The Bertz CT molecular complexity index is 459. The molecule has 7 heteroatoms. The average molecular weight is 309 g/mol. The first-order valence-corrected chi connectivity index (χ1v) is 6.27. The van der Waals surface area contributed by atoms with Crippen LogP contribution in [0.15, 0.2) is 10.8 Å². The summed E-state index contributed by atoms with van der Waals surface area (Å²) in [5.41, 5.74) is 0. The molecule has 0 unspecified atom stereocenters. The van der Waals surface area contributed by atoms with Crippen LogP contribution in [0.5, 0.6) is 0 Å². The number of anilines is 2. The van der Waals surface area contributed by atoms with E-state index in [0.29, 0.717) is 16.1 Å². The molecule has 1 heterocycles.